The predicted molar refractivity (Wildman–Crippen MR) is 143 cm³/mol. The maximum absolute atomic E-state index is 9.36. The first-order valence-corrected chi connectivity index (χ1v) is 12.4. The zero-order valence-corrected chi connectivity index (χ0v) is 22.1. The van der Waals surface area contributed by atoms with E-state index < -0.39 is 0 Å². The van der Waals surface area contributed by atoms with Crippen molar-refractivity contribution in [1.82, 2.24) is 14.8 Å². The van der Waals surface area contributed by atoms with Crippen molar-refractivity contribution >= 4 is 45.5 Å². The molecule has 0 spiro atoms. The molecule has 2 heterocycles. The largest absolute Gasteiger partial charge is 0.495 e. The number of methoxy groups -OCH3 is 2. The summed E-state index contributed by atoms with van der Waals surface area (Å²) in [4.78, 5) is 9.34. The quantitative estimate of drug-likeness (QED) is 0.379. The number of piperazine rings is 1. The van der Waals surface area contributed by atoms with Gasteiger partial charge >= 0.3 is 0 Å². The molecule has 1 aliphatic rings. The highest BCUT2D eigenvalue weighted by atomic mass is 35.5. The molecule has 0 aliphatic carbocycles. The van der Waals surface area contributed by atoms with Crippen LogP contribution in [-0.4, -0.2) is 75.4 Å². The standard InChI is InChI=1S/C26H29Cl2N5O3/c1-32-6-8-33(9-7-32)5-4-10-36-26-23(35-3)12-18-11-17(15-29)16-30-24(18)25(26)31-21-14-22(34-2)20(28)13-19(21)27/h11-14,16,31H,4-10H2,1-3H3. The summed E-state index contributed by atoms with van der Waals surface area (Å²) in [6.45, 7) is 5.73. The second-order valence-corrected chi connectivity index (χ2v) is 9.44. The number of nitriles is 1. The fourth-order valence-corrected chi connectivity index (χ4v) is 4.67. The predicted octanol–water partition coefficient (Wildman–Crippen LogP) is 5.19. The lowest BCUT2D eigenvalue weighted by Crippen LogP contribution is -2.44. The SMILES string of the molecule is COc1cc(Nc2c(OCCCN3CCN(C)CC3)c(OC)cc3cc(C#N)cnc23)c(Cl)cc1Cl. The number of rotatable bonds is 9. The van der Waals surface area contributed by atoms with Gasteiger partial charge in [-0.15, -0.1) is 0 Å². The number of nitrogens with zero attached hydrogens (tertiary/aromatic N) is 4. The maximum Gasteiger partial charge on any atom is 0.186 e. The summed E-state index contributed by atoms with van der Waals surface area (Å²) in [5.74, 6) is 1.52. The number of hydrogen-bond donors (Lipinski definition) is 1. The molecule has 1 fully saturated rings. The van der Waals surface area contributed by atoms with Gasteiger partial charge in [0.1, 0.15) is 17.5 Å². The molecule has 8 nitrogen and oxygen atoms in total. The van der Waals surface area contributed by atoms with Crippen LogP contribution in [0, 0.1) is 11.3 Å². The van der Waals surface area contributed by atoms with E-state index in [-0.39, 0.29) is 0 Å². The fraction of sp³-hybridized carbons (Fsp3) is 0.385. The van der Waals surface area contributed by atoms with Gasteiger partial charge in [-0.3, -0.25) is 4.98 Å². The number of pyridine rings is 1. The van der Waals surface area contributed by atoms with Gasteiger partial charge in [0.05, 0.1) is 47.6 Å². The van der Waals surface area contributed by atoms with Crippen LogP contribution < -0.4 is 19.5 Å². The van der Waals surface area contributed by atoms with Crippen molar-refractivity contribution in [2.24, 2.45) is 0 Å². The van der Waals surface area contributed by atoms with Crippen LogP contribution in [0.1, 0.15) is 12.0 Å². The van der Waals surface area contributed by atoms with Gasteiger partial charge in [-0.05, 0) is 31.7 Å². The summed E-state index contributed by atoms with van der Waals surface area (Å²) in [5, 5.41) is 14.3. The molecule has 0 unspecified atom stereocenters. The Morgan fingerprint density at radius 2 is 1.78 bits per heavy atom. The van der Waals surface area contributed by atoms with Gasteiger partial charge in [0.2, 0.25) is 0 Å². The number of halogens is 2. The van der Waals surface area contributed by atoms with Crippen LogP contribution in [0.5, 0.6) is 17.2 Å². The Balaban J connectivity index is 1.66. The average Bonchev–Trinajstić information content (AvgIpc) is 2.89. The van der Waals surface area contributed by atoms with Gasteiger partial charge in [0, 0.05) is 50.4 Å². The van der Waals surface area contributed by atoms with E-state index in [2.05, 4.69) is 33.2 Å². The summed E-state index contributed by atoms with van der Waals surface area (Å²) in [5.41, 5.74) is 2.22. The van der Waals surface area contributed by atoms with Crippen LogP contribution in [0.25, 0.3) is 10.9 Å². The molecule has 0 radical (unpaired) electrons. The first-order chi connectivity index (χ1) is 17.4. The summed E-state index contributed by atoms with van der Waals surface area (Å²) >= 11 is 12.7. The van der Waals surface area contributed by atoms with Crippen molar-refractivity contribution in [3.8, 4) is 23.3 Å². The van der Waals surface area contributed by atoms with Crippen molar-refractivity contribution in [3.63, 3.8) is 0 Å². The van der Waals surface area contributed by atoms with Gasteiger partial charge in [-0.1, -0.05) is 23.2 Å². The Bertz CT molecular complexity index is 1270. The Morgan fingerprint density at radius 1 is 1.03 bits per heavy atom. The van der Waals surface area contributed by atoms with Crippen molar-refractivity contribution in [1.29, 1.82) is 5.26 Å². The summed E-state index contributed by atoms with van der Waals surface area (Å²) in [7, 11) is 5.28. The highest BCUT2D eigenvalue weighted by Crippen LogP contribution is 2.44. The van der Waals surface area contributed by atoms with Crippen LogP contribution in [0.3, 0.4) is 0 Å². The first kappa shape index (κ1) is 26.1. The Morgan fingerprint density at radius 3 is 2.47 bits per heavy atom. The monoisotopic (exact) mass is 529 g/mol. The highest BCUT2D eigenvalue weighted by molar-refractivity contribution is 6.37. The zero-order valence-electron chi connectivity index (χ0n) is 20.6. The Hall–Kier alpha value is -2.96. The molecule has 0 amide bonds. The van der Waals surface area contributed by atoms with E-state index in [9.17, 15) is 5.26 Å². The number of hydrogen-bond acceptors (Lipinski definition) is 8. The minimum atomic E-state index is 0.403. The molecule has 36 heavy (non-hydrogen) atoms. The summed E-state index contributed by atoms with van der Waals surface area (Å²) in [6, 6.07) is 9.05. The van der Waals surface area contributed by atoms with Crippen LogP contribution in [0.15, 0.2) is 30.5 Å². The number of anilines is 2. The maximum atomic E-state index is 9.36. The molecule has 10 heteroatoms. The van der Waals surface area contributed by atoms with E-state index in [1.54, 1.807) is 32.4 Å². The van der Waals surface area contributed by atoms with Crippen LogP contribution in [-0.2, 0) is 0 Å². The van der Waals surface area contributed by atoms with Gasteiger partial charge in [0.15, 0.2) is 11.5 Å². The molecule has 0 bridgehead atoms. The van der Waals surface area contributed by atoms with Crippen LogP contribution in [0.4, 0.5) is 11.4 Å². The van der Waals surface area contributed by atoms with Gasteiger partial charge in [-0.25, -0.2) is 0 Å². The van der Waals surface area contributed by atoms with E-state index in [0.29, 0.717) is 56.4 Å². The lowest BCUT2D eigenvalue weighted by molar-refractivity contribution is 0.145. The van der Waals surface area contributed by atoms with Crippen LogP contribution in [0.2, 0.25) is 10.0 Å². The summed E-state index contributed by atoms with van der Waals surface area (Å²) < 4.78 is 17.4. The third-order valence-electron chi connectivity index (χ3n) is 6.20. The fourth-order valence-electron chi connectivity index (χ4n) is 4.16. The Kier molecular flexibility index (Phi) is 8.60. The lowest BCUT2D eigenvalue weighted by atomic mass is 10.1. The van der Waals surface area contributed by atoms with Crippen molar-refractivity contribution in [3.05, 3.63) is 46.1 Å². The van der Waals surface area contributed by atoms with Crippen LogP contribution >= 0.6 is 23.2 Å². The number of fused-ring (bicyclic) bond motifs is 1. The van der Waals surface area contributed by atoms with E-state index in [4.69, 9.17) is 37.4 Å². The molecule has 0 saturated carbocycles. The molecule has 1 N–H and O–H groups in total. The van der Waals surface area contributed by atoms with Gasteiger partial charge in [0.25, 0.3) is 0 Å². The molecule has 3 aromatic rings. The third-order valence-corrected chi connectivity index (χ3v) is 6.81. The minimum absolute atomic E-state index is 0.403. The van der Waals surface area contributed by atoms with Crippen molar-refractivity contribution < 1.29 is 14.2 Å². The number of nitrogens with one attached hydrogen (secondary N) is 1. The molecule has 0 atom stereocenters. The van der Waals surface area contributed by atoms with E-state index in [1.165, 1.54) is 6.20 Å². The molecular weight excluding hydrogens is 501 g/mol. The normalized spacial score (nSPS) is 14.4. The number of aromatic nitrogens is 1. The molecule has 1 saturated heterocycles. The average molecular weight is 530 g/mol. The topological polar surface area (TPSA) is 82.9 Å². The number of likely N-dealkylation sites (N-methyl/N-ethyl adjacent to an activating group) is 1. The van der Waals surface area contributed by atoms with Gasteiger partial charge < -0.3 is 29.3 Å². The summed E-state index contributed by atoms with van der Waals surface area (Å²) in [6.07, 6.45) is 2.39. The number of benzene rings is 2. The third kappa shape index (κ3) is 5.88. The first-order valence-electron chi connectivity index (χ1n) is 11.7. The smallest absolute Gasteiger partial charge is 0.186 e. The van der Waals surface area contributed by atoms with E-state index >= 15 is 0 Å². The zero-order chi connectivity index (χ0) is 25.7. The Labute approximate surface area is 221 Å². The second-order valence-electron chi connectivity index (χ2n) is 8.63. The lowest BCUT2D eigenvalue weighted by Gasteiger charge is -2.32. The second kappa shape index (κ2) is 11.8. The molecule has 4 rings (SSSR count). The number of ether oxygens (including phenoxy) is 3. The minimum Gasteiger partial charge on any atom is -0.495 e. The van der Waals surface area contributed by atoms with E-state index in [0.717, 1.165) is 44.5 Å². The van der Waals surface area contributed by atoms with Crippen molar-refractivity contribution in [2.75, 3.05) is 65.9 Å². The van der Waals surface area contributed by atoms with E-state index in [1.807, 2.05) is 6.07 Å². The highest BCUT2D eigenvalue weighted by Gasteiger charge is 2.20. The van der Waals surface area contributed by atoms with Crippen molar-refractivity contribution in [2.45, 2.75) is 6.42 Å². The molecular formula is C26H29Cl2N5O3. The molecule has 2 aromatic carbocycles. The molecule has 1 aliphatic heterocycles. The molecule has 1 aromatic heterocycles. The van der Waals surface area contributed by atoms with Gasteiger partial charge in [-0.2, -0.15) is 5.26 Å². The molecule has 190 valence electrons.